The summed E-state index contributed by atoms with van der Waals surface area (Å²) in [5.41, 5.74) is 2.58. The Morgan fingerprint density at radius 3 is 2.71 bits per heavy atom. The fourth-order valence-corrected chi connectivity index (χ4v) is 2.81. The number of nitrogens with one attached hydrogen (secondary N) is 1. The second kappa shape index (κ2) is 6.94. The van der Waals surface area contributed by atoms with Gasteiger partial charge in [-0.3, -0.25) is 4.98 Å². The highest BCUT2D eigenvalue weighted by atomic mass is 32.2. The Labute approximate surface area is 140 Å². The normalized spacial score (nSPS) is 11.1. The minimum Gasteiger partial charge on any atom is -0.497 e. The number of halogens is 1. The molecule has 0 saturated heterocycles. The highest BCUT2D eigenvalue weighted by molar-refractivity contribution is 7.70. The summed E-state index contributed by atoms with van der Waals surface area (Å²) in [7, 11) is -1.17. The van der Waals surface area contributed by atoms with Gasteiger partial charge in [0, 0.05) is 29.8 Å². The summed E-state index contributed by atoms with van der Waals surface area (Å²) in [5.74, 6) is 0.238. The molecule has 0 amide bonds. The van der Waals surface area contributed by atoms with Crippen molar-refractivity contribution in [1.82, 2.24) is 9.71 Å². The number of rotatable bonds is 5. The molecule has 0 unspecified atom stereocenters. The zero-order valence-electron chi connectivity index (χ0n) is 12.8. The lowest BCUT2D eigenvalue weighted by Gasteiger charge is -2.09. The molecule has 124 valence electrons. The predicted molar refractivity (Wildman–Crippen MR) is 90.8 cm³/mol. The molecule has 0 fully saturated rings. The Morgan fingerprint density at radius 1 is 1.17 bits per heavy atom. The van der Waals surface area contributed by atoms with Crippen LogP contribution in [0, 0.1) is 5.82 Å². The molecule has 0 radical (unpaired) electrons. The molecule has 0 aliphatic carbocycles. The standard InChI is InChI=1S/C17H15FN2O3S/c1-23-13-4-5-15-14(6-7-19-17(15)9-13)11-2-3-12(16(18)8-11)10-20-24(21)22/h2-9,24H,10H2,1H3,(H,20,21,22). The monoisotopic (exact) mass is 346 g/mol. The highest BCUT2D eigenvalue weighted by Crippen LogP contribution is 2.30. The lowest BCUT2D eigenvalue weighted by atomic mass is 10.00. The third kappa shape index (κ3) is 3.37. The molecule has 1 heterocycles. The molecule has 24 heavy (non-hydrogen) atoms. The van der Waals surface area contributed by atoms with Crippen LogP contribution in [0.2, 0.25) is 0 Å². The number of pyridine rings is 1. The van der Waals surface area contributed by atoms with Crippen LogP contribution in [0.3, 0.4) is 0 Å². The Morgan fingerprint density at radius 2 is 2.00 bits per heavy atom. The van der Waals surface area contributed by atoms with Crippen LogP contribution in [0.1, 0.15) is 5.56 Å². The third-order valence-corrected chi connectivity index (χ3v) is 4.13. The van der Waals surface area contributed by atoms with Crippen molar-refractivity contribution in [3.63, 3.8) is 0 Å². The van der Waals surface area contributed by atoms with Crippen LogP contribution in [0.5, 0.6) is 5.75 Å². The molecule has 0 atom stereocenters. The van der Waals surface area contributed by atoms with E-state index in [0.29, 0.717) is 11.3 Å². The smallest absolute Gasteiger partial charge is 0.201 e. The summed E-state index contributed by atoms with van der Waals surface area (Å²) in [6.07, 6.45) is 1.66. The Hall–Kier alpha value is -2.51. The number of thiol groups is 1. The van der Waals surface area contributed by atoms with Gasteiger partial charge in [-0.25, -0.2) is 17.5 Å². The van der Waals surface area contributed by atoms with E-state index < -0.39 is 16.7 Å². The van der Waals surface area contributed by atoms with Crippen LogP contribution < -0.4 is 9.46 Å². The van der Waals surface area contributed by atoms with Gasteiger partial charge in [0.15, 0.2) is 0 Å². The largest absolute Gasteiger partial charge is 0.497 e. The van der Waals surface area contributed by atoms with Gasteiger partial charge in [0.1, 0.15) is 11.6 Å². The molecule has 3 rings (SSSR count). The summed E-state index contributed by atoms with van der Waals surface area (Å²) in [5, 5.41) is 0.881. The van der Waals surface area contributed by atoms with Crippen molar-refractivity contribution in [3.05, 3.63) is 60.0 Å². The van der Waals surface area contributed by atoms with Crippen LogP contribution in [0.15, 0.2) is 48.7 Å². The van der Waals surface area contributed by atoms with E-state index in [9.17, 15) is 12.8 Å². The van der Waals surface area contributed by atoms with E-state index in [0.717, 1.165) is 16.5 Å². The van der Waals surface area contributed by atoms with Gasteiger partial charge in [0.25, 0.3) is 0 Å². The maximum Gasteiger partial charge on any atom is 0.201 e. The Kier molecular flexibility index (Phi) is 4.73. The number of fused-ring (bicyclic) bond motifs is 1. The van der Waals surface area contributed by atoms with E-state index in [4.69, 9.17) is 4.74 Å². The SMILES string of the molecule is COc1ccc2c(-c3ccc(CN[SH](=O)=O)c(F)c3)ccnc2c1. The average Bonchev–Trinajstić information content (AvgIpc) is 2.59. The van der Waals surface area contributed by atoms with Gasteiger partial charge >= 0.3 is 0 Å². The zero-order chi connectivity index (χ0) is 17.1. The van der Waals surface area contributed by atoms with Gasteiger partial charge in [-0.05, 0) is 35.4 Å². The molecule has 1 aromatic heterocycles. The van der Waals surface area contributed by atoms with Crippen molar-refractivity contribution >= 4 is 21.8 Å². The average molecular weight is 346 g/mol. The molecular formula is C17H15FN2O3S. The first kappa shape index (κ1) is 16.4. The van der Waals surface area contributed by atoms with Crippen LogP contribution in [-0.2, 0) is 17.4 Å². The first-order valence-corrected chi connectivity index (χ1v) is 8.35. The van der Waals surface area contributed by atoms with Gasteiger partial charge in [-0.1, -0.05) is 12.1 Å². The zero-order valence-corrected chi connectivity index (χ0v) is 13.7. The first-order valence-electron chi connectivity index (χ1n) is 7.18. The van der Waals surface area contributed by atoms with E-state index >= 15 is 0 Å². The number of ether oxygens (including phenoxy) is 1. The summed E-state index contributed by atoms with van der Waals surface area (Å²) in [6.45, 7) is -0.0703. The van der Waals surface area contributed by atoms with Crippen molar-refractivity contribution in [2.75, 3.05) is 7.11 Å². The molecule has 1 N–H and O–H groups in total. The molecule has 3 aromatic rings. The van der Waals surface area contributed by atoms with Crippen molar-refractivity contribution in [3.8, 4) is 16.9 Å². The van der Waals surface area contributed by atoms with E-state index in [2.05, 4.69) is 9.71 Å². The minimum atomic E-state index is -2.75. The predicted octanol–water partition coefficient (Wildman–Crippen LogP) is 2.67. The lowest BCUT2D eigenvalue weighted by molar-refractivity contribution is 0.415. The van der Waals surface area contributed by atoms with E-state index in [-0.39, 0.29) is 12.1 Å². The fourth-order valence-electron chi connectivity index (χ4n) is 2.51. The van der Waals surface area contributed by atoms with Gasteiger partial charge in [-0.15, -0.1) is 0 Å². The number of aromatic nitrogens is 1. The molecular weight excluding hydrogens is 331 g/mol. The summed E-state index contributed by atoms with van der Waals surface area (Å²) < 4.78 is 42.7. The van der Waals surface area contributed by atoms with E-state index in [1.807, 2.05) is 24.3 Å². The van der Waals surface area contributed by atoms with Crippen molar-refractivity contribution in [1.29, 1.82) is 0 Å². The van der Waals surface area contributed by atoms with Crippen LogP contribution in [0.4, 0.5) is 4.39 Å². The summed E-state index contributed by atoms with van der Waals surface area (Å²) >= 11 is 0. The topological polar surface area (TPSA) is 68.3 Å². The van der Waals surface area contributed by atoms with E-state index in [1.54, 1.807) is 25.4 Å². The fraction of sp³-hybridized carbons (Fsp3) is 0.118. The maximum absolute atomic E-state index is 14.2. The second-order valence-corrected chi connectivity index (χ2v) is 5.97. The lowest BCUT2D eigenvalue weighted by Crippen LogP contribution is -2.11. The molecule has 0 aliphatic rings. The number of benzene rings is 2. The Bertz CT molecular complexity index is 965. The minimum absolute atomic E-state index is 0.0703. The quantitative estimate of drug-likeness (QED) is 0.697. The molecule has 5 nitrogen and oxygen atoms in total. The highest BCUT2D eigenvalue weighted by Gasteiger charge is 2.09. The van der Waals surface area contributed by atoms with Crippen molar-refractivity contribution in [2.24, 2.45) is 0 Å². The molecule has 0 bridgehead atoms. The van der Waals surface area contributed by atoms with Gasteiger partial charge in [0.2, 0.25) is 10.9 Å². The maximum atomic E-state index is 14.2. The Balaban J connectivity index is 2.02. The third-order valence-electron chi connectivity index (χ3n) is 3.71. The molecule has 7 heteroatoms. The second-order valence-electron chi connectivity index (χ2n) is 5.14. The number of hydrogen-bond donors (Lipinski definition) is 2. The molecule has 2 aromatic carbocycles. The van der Waals surface area contributed by atoms with E-state index in [1.165, 1.54) is 6.07 Å². The first-order chi connectivity index (χ1) is 11.6. The number of nitrogens with zero attached hydrogens (tertiary/aromatic N) is 1. The van der Waals surface area contributed by atoms with Crippen LogP contribution >= 0.6 is 0 Å². The van der Waals surface area contributed by atoms with Crippen LogP contribution in [-0.4, -0.2) is 20.5 Å². The van der Waals surface area contributed by atoms with Gasteiger partial charge in [-0.2, -0.15) is 0 Å². The summed E-state index contributed by atoms with van der Waals surface area (Å²) in [4.78, 5) is 4.31. The van der Waals surface area contributed by atoms with Crippen LogP contribution in [0.25, 0.3) is 22.0 Å². The number of hydrogen-bond acceptors (Lipinski definition) is 4. The van der Waals surface area contributed by atoms with Gasteiger partial charge < -0.3 is 4.74 Å². The summed E-state index contributed by atoms with van der Waals surface area (Å²) in [6, 6.07) is 12.1. The van der Waals surface area contributed by atoms with Crippen molar-refractivity contribution < 1.29 is 17.5 Å². The number of methoxy groups -OCH3 is 1. The van der Waals surface area contributed by atoms with Gasteiger partial charge in [0.05, 0.1) is 12.6 Å². The molecule has 0 aliphatic heterocycles. The van der Waals surface area contributed by atoms with Crippen molar-refractivity contribution in [2.45, 2.75) is 6.54 Å². The molecule has 0 saturated carbocycles. The molecule has 0 spiro atoms.